The first kappa shape index (κ1) is 15.3. The van der Waals surface area contributed by atoms with Crippen molar-refractivity contribution in [2.75, 3.05) is 6.54 Å². The molecule has 1 rings (SSSR count). The van der Waals surface area contributed by atoms with E-state index in [1.165, 1.54) is 19.3 Å². The predicted octanol–water partition coefficient (Wildman–Crippen LogP) is 2.80. The second kappa shape index (κ2) is 6.41. The minimum atomic E-state index is -0.211. The molecule has 1 aliphatic heterocycles. The highest BCUT2D eigenvalue weighted by atomic mass is 16.4. The van der Waals surface area contributed by atoms with Crippen LogP contribution in [0, 0.1) is 5.41 Å². The minimum absolute atomic E-state index is 0.211. The van der Waals surface area contributed by atoms with Crippen molar-refractivity contribution in [1.82, 2.24) is 4.90 Å². The van der Waals surface area contributed by atoms with E-state index < -0.39 is 0 Å². The summed E-state index contributed by atoms with van der Waals surface area (Å²) >= 11 is 0. The first-order valence-corrected chi connectivity index (χ1v) is 7.12. The van der Waals surface area contributed by atoms with Crippen molar-refractivity contribution in [3.63, 3.8) is 0 Å². The van der Waals surface area contributed by atoms with Crippen molar-refractivity contribution in [2.24, 2.45) is 16.3 Å². The summed E-state index contributed by atoms with van der Waals surface area (Å²) in [6.45, 7) is 9.83. The van der Waals surface area contributed by atoms with Crippen LogP contribution in [0.1, 0.15) is 59.8 Å². The number of nitrogens with zero attached hydrogens (tertiary/aromatic N) is 2. The van der Waals surface area contributed by atoms with Gasteiger partial charge in [-0.05, 0) is 46.1 Å². The van der Waals surface area contributed by atoms with Crippen molar-refractivity contribution in [3.05, 3.63) is 0 Å². The Balaban J connectivity index is 2.41. The van der Waals surface area contributed by atoms with E-state index in [0.29, 0.717) is 17.9 Å². The van der Waals surface area contributed by atoms with Crippen molar-refractivity contribution in [1.29, 1.82) is 0 Å². The van der Waals surface area contributed by atoms with Gasteiger partial charge >= 0.3 is 0 Å². The van der Waals surface area contributed by atoms with Crippen LogP contribution in [0.2, 0.25) is 0 Å². The lowest BCUT2D eigenvalue weighted by atomic mass is 9.86. The summed E-state index contributed by atoms with van der Waals surface area (Å²) in [5, 5.41) is 11.9. The fraction of sp³-hybridized carbons (Fsp3) is 0.929. The molecule has 0 spiro atoms. The molecule has 1 saturated heterocycles. The van der Waals surface area contributed by atoms with E-state index in [2.05, 4.69) is 23.9 Å². The Morgan fingerprint density at radius 1 is 1.33 bits per heavy atom. The molecule has 0 radical (unpaired) electrons. The largest absolute Gasteiger partial charge is 0.409 e. The summed E-state index contributed by atoms with van der Waals surface area (Å²) in [5.74, 6) is 0.335. The smallest absolute Gasteiger partial charge is 0.144 e. The van der Waals surface area contributed by atoms with Crippen molar-refractivity contribution < 1.29 is 5.21 Å². The van der Waals surface area contributed by atoms with E-state index in [9.17, 15) is 0 Å². The molecule has 0 aromatic rings. The maximum Gasteiger partial charge on any atom is 0.144 e. The van der Waals surface area contributed by atoms with Gasteiger partial charge in [0.25, 0.3) is 0 Å². The lowest BCUT2D eigenvalue weighted by Crippen LogP contribution is -2.44. The fourth-order valence-electron chi connectivity index (χ4n) is 2.88. The van der Waals surface area contributed by atoms with E-state index in [-0.39, 0.29) is 5.41 Å². The zero-order valence-corrected chi connectivity index (χ0v) is 12.3. The third-order valence-corrected chi connectivity index (χ3v) is 4.40. The third-order valence-electron chi connectivity index (χ3n) is 4.40. The Bertz CT molecular complexity index is 279. The molecule has 1 fully saturated rings. The third kappa shape index (κ3) is 3.87. The quantitative estimate of drug-likeness (QED) is 0.344. The van der Waals surface area contributed by atoms with Crippen LogP contribution in [0.4, 0.5) is 0 Å². The Kier molecular flexibility index (Phi) is 5.45. The Morgan fingerprint density at radius 2 is 1.89 bits per heavy atom. The van der Waals surface area contributed by atoms with Gasteiger partial charge in [0.2, 0.25) is 0 Å². The van der Waals surface area contributed by atoms with Gasteiger partial charge in [-0.25, -0.2) is 0 Å². The van der Waals surface area contributed by atoms with E-state index in [0.717, 1.165) is 19.4 Å². The summed E-state index contributed by atoms with van der Waals surface area (Å²) < 4.78 is 0. The van der Waals surface area contributed by atoms with Gasteiger partial charge in [0.05, 0.1) is 0 Å². The maximum absolute atomic E-state index is 8.76. The normalized spacial score (nSPS) is 27.4. The molecule has 1 heterocycles. The Hall–Kier alpha value is -0.770. The number of nitrogens with two attached hydrogens (primary N) is 1. The lowest BCUT2D eigenvalue weighted by molar-refractivity contribution is 0.0989. The van der Waals surface area contributed by atoms with Crippen molar-refractivity contribution >= 4 is 5.84 Å². The summed E-state index contributed by atoms with van der Waals surface area (Å²) in [6, 6.07) is 1.39. The molecule has 3 N–H and O–H groups in total. The zero-order valence-electron chi connectivity index (χ0n) is 12.3. The summed E-state index contributed by atoms with van der Waals surface area (Å²) in [6.07, 6.45) is 6.03. The van der Waals surface area contributed by atoms with Gasteiger partial charge in [-0.15, -0.1) is 0 Å². The number of hydrogen-bond donors (Lipinski definition) is 2. The summed E-state index contributed by atoms with van der Waals surface area (Å²) in [4.78, 5) is 2.60. The topological polar surface area (TPSA) is 61.8 Å². The molecule has 1 aliphatic rings. The number of oxime groups is 1. The van der Waals surface area contributed by atoms with Crippen LogP contribution in [0.3, 0.4) is 0 Å². The van der Waals surface area contributed by atoms with Crippen LogP contribution in [-0.2, 0) is 0 Å². The molecule has 2 atom stereocenters. The van der Waals surface area contributed by atoms with Crippen LogP contribution in [0.15, 0.2) is 5.16 Å². The summed E-state index contributed by atoms with van der Waals surface area (Å²) in [5.41, 5.74) is 5.50. The molecule has 0 bridgehead atoms. The van der Waals surface area contributed by atoms with E-state index in [1.807, 2.05) is 13.8 Å². The van der Waals surface area contributed by atoms with Gasteiger partial charge in [-0.3, -0.25) is 4.90 Å². The van der Waals surface area contributed by atoms with Gasteiger partial charge < -0.3 is 10.9 Å². The maximum atomic E-state index is 8.76. The molecular weight excluding hydrogens is 226 g/mol. The number of piperidine rings is 1. The van der Waals surface area contributed by atoms with Crippen molar-refractivity contribution in [2.45, 2.75) is 71.9 Å². The number of likely N-dealkylation sites (tertiary alicyclic amines) is 1. The monoisotopic (exact) mass is 255 g/mol. The molecule has 4 heteroatoms. The molecule has 0 aliphatic carbocycles. The molecule has 0 saturated carbocycles. The molecule has 0 aromatic heterocycles. The number of rotatable bonds is 5. The van der Waals surface area contributed by atoms with Gasteiger partial charge in [0.15, 0.2) is 0 Å². The number of amidine groups is 1. The summed E-state index contributed by atoms with van der Waals surface area (Å²) in [7, 11) is 0. The second-order valence-corrected chi connectivity index (χ2v) is 6.34. The van der Waals surface area contributed by atoms with E-state index in [1.54, 1.807) is 0 Å². The highest BCUT2D eigenvalue weighted by Crippen LogP contribution is 2.26. The van der Waals surface area contributed by atoms with Crippen LogP contribution in [-0.4, -0.2) is 34.6 Å². The predicted molar refractivity (Wildman–Crippen MR) is 75.9 cm³/mol. The standard InChI is InChI=1S/C14H29N3O/c1-11-7-5-8-12(2)17(11)10-6-9-14(3,4)13(15)16-18/h11-12,18H,5-10H2,1-4H3,(H2,15,16)/t11-,12+. The Labute approximate surface area is 111 Å². The molecule has 0 unspecified atom stereocenters. The van der Waals surface area contributed by atoms with E-state index >= 15 is 0 Å². The highest BCUT2D eigenvalue weighted by molar-refractivity contribution is 5.85. The first-order chi connectivity index (χ1) is 8.38. The number of hydrogen-bond acceptors (Lipinski definition) is 3. The molecule has 0 amide bonds. The molecule has 18 heavy (non-hydrogen) atoms. The van der Waals surface area contributed by atoms with Crippen LogP contribution in [0.5, 0.6) is 0 Å². The Morgan fingerprint density at radius 3 is 2.39 bits per heavy atom. The average molecular weight is 255 g/mol. The molecule has 106 valence electrons. The molecular formula is C14H29N3O. The molecule has 0 aromatic carbocycles. The zero-order chi connectivity index (χ0) is 13.8. The van der Waals surface area contributed by atoms with Crippen LogP contribution in [0.25, 0.3) is 0 Å². The van der Waals surface area contributed by atoms with Gasteiger partial charge in [-0.2, -0.15) is 0 Å². The highest BCUT2D eigenvalue weighted by Gasteiger charge is 2.27. The van der Waals surface area contributed by atoms with Gasteiger partial charge in [0, 0.05) is 17.5 Å². The SMILES string of the molecule is C[C@@H]1CCC[C@H](C)N1CCCC(C)(C)C(N)=NO. The van der Waals surface area contributed by atoms with Crippen LogP contribution >= 0.6 is 0 Å². The second-order valence-electron chi connectivity index (χ2n) is 6.34. The van der Waals surface area contributed by atoms with Gasteiger partial charge in [0.1, 0.15) is 5.84 Å². The fourth-order valence-corrected chi connectivity index (χ4v) is 2.88. The molecule has 4 nitrogen and oxygen atoms in total. The average Bonchev–Trinajstić information content (AvgIpc) is 2.31. The van der Waals surface area contributed by atoms with Crippen LogP contribution < -0.4 is 5.73 Å². The van der Waals surface area contributed by atoms with E-state index in [4.69, 9.17) is 10.9 Å². The van der Waals surface area contributed by atoms with Crippen molar-refractivity contribution in [3.8, 4) is 0 Å². The minimum Gasteiger partial charge on any atom is -0.409 e. The lowest BCUT2D eigenvalue weighted by Gasteiger charge is -2.39. The van der Waals surface area contributed by atoms with Gasteiger partial charge in [-0.1, -0.05) is 25.4 Å². The first-order valence-electron chi connectivity index (χ1n) is 7.12.